The molecule has 0 spiro atoms. The van der Waals surface area contributed by atoms with Crippen LogP contribution in [0, 0.1) is 0 Å². The zero-order valence-electron chi connectivity index (χ0n) is 9.76. The highest BCUT2D eigenvalue weighted by Crippen LogP contribution is 2.09. The SMILES string of the molecule is CCC(O)CNS(=O)(=O)Cc1cccc(N)c1. The van der Waals surface area contributed by atoms with E-state index in [0.717, 1.165) is 0 Å². The highest BCUT2D eigenvalue weighted by molar-refractivity contribution is 7.88. The van der Waals surface area contributed by atoms with Gasteiger partial charge in [0.05, 0.1) is 11.9 Å². The van der Waals surface area contributed by atoms with Crippen molar-refractivity contribution in [3.63, 3.8) is 0 Å². The van der Waals surface area contributed by atoms with Crippen molar-refractivity contribution in [1.82, 2.24) is 4.72 Å². The van der Waals surface area contributed by atoms with E-state index in [4.69, 9.17) is 5.73 Å². The molecular formula is C11H18N2O3S. The fraction of sp³-hybridized carbons (Fsp3) is 0.455. The van der Waals surface area contributed by atoms with Gasteiger partial charge in [-0.15, -0.1) is 0 Å². The molecule has 0 saturated heterocycles. The Balaban J connectivity index is 2.61. The third-order valence-corrected chi connectivity index (χ3v) is 3.64. The quantitative estimate of drug-likeness (QED) is 0.646. The Kier molecular flexibility index (Phi) is 4.92. The molecule has 0 heterocycles. The van der Waals surface area contributed by atoms with Gasteiger partial charge in [-0.25, -0.2) is 13.1 Å². The highest BCUT2D eigenvalue weighted by Gasteiger charge is 2.13. The first kappa shape index (κ1) is 14.0. The molecule has 0 aliphatic carbocycles. The van der Waals surface area contributed by atoms with Crippen LogP contribution in [0.4, 0.5) is 5.69 Å². The monoisotopic (exact) mass is 258 g/mol. The van der Waals surface area contributed by atoms with Crippen LogP contribution in [0.5, 0.6) is 0 Å². The largest absolute Gasteiger partial charge is 0.399 e. The number of aliphatic hydroxyl groups is 1. The first-order valence-electron chi connectivity index (χ1n) is 5.43. The van der Waals surface area contributed by atoms with Crippen LogP contribution in [0.2, 0.25) is 0 Å². The van der Waals surface area contributed by atoms with Crippen LogP contribution >= 0.6 is 0 Å². The van der Waals surface area contributed by atoms with Gasteiger partial charge in [-0.1, -0.05) is 19.1 Å². The van der Waals surface area contributed by atoms with E-state index in [2.05, 4.69) is 4.72 Å². The lowest BCUT2D eigenvalue weighted by atomic mass is 10.2. The summed E-state index contributed by atoms with van der Waals surface area (Å²) < 4.78 is 25.7. The molecule has 0 radical (unpaired) electrons. The Morgan fingerprint density at radius 1 is 1.47 bits per heavy atom. The Morgan fingerprint density at radius 2 is 2.18 bits per heavy atom. The van der Waals surface area contributed by atoms with E-state index in [9.17, 15) is 13.5 Å². The Hall–Kier alpha value is -1.11. The molecule has 1 aromatic rings. The number of nitrogens with one attached hydrogen (secondary N) is 1. The minimum absolute atomic E-state index is 0.0428. The predicted octanol–water partition coefficient (Wildman–Crippen LogP) is 0.459. The summed E-state index contributed by atoms with van der Waals surface area (Å²) >= 11 is 0. The van der Waals surface area contributed by atoms with Gasteiger partial charge in [0.15, 0.2) is 0 Å². The second-order valence-corrected chi connectivity index (χ2v) is 5.72. The molecule has 6 heteroatoms. The number of nitrogens with two attached hydrogens (primary N) is 1. The van der Waals surface area contributed by atoms with Gasteiger partial charge in [-0.2, -0.15) is 0 Å². The standard InChI is InChI=1S/C11H18N2O3S/c1-2-11(14)7-13-17(15,16)8-9-4-3-5-10(12)6-9/h3-6,11,13-14H,2,7-8,12H2,1H3. The molecule has 5 nitrogen and oxygen atoms in total. The van der Waals surface area contributed by atoms with Gasteiger partial charge in [0, 0.05) is 12.2 Å². The molecule has 1 rings (SSSR count). The molecule has 0 aliphatic heterocycles. The first-order valence-corrected chi connectivity index (χ1v) is 7.08. The topological polar surface area (TPSA) is 92.4 Å². The lowest BCUT2D eigenvalue weighted by Gasteiger charge is -2.10. The van der Waals surface area contributed by atoms with Crippen molar-refractivity contribution in [1.29, 1.82) is 0 Å². The normalized spacial score (nSPS) is 13.5. The number of hydrogen-bond donors (Lipinski definition) is 3. The van der Waals surface area contributed by atoms with Gasteiger partial charge < -0.3 is 10.8 Å². The summed E-state index contributed by atoms with van der Waals surface area (Å²) in [6, 6.07) is 6.73. The second-order valence-electron chi connectivity index (χ2n) is 3.91. The van der Waals surface area contributed by atoms with Crippen molar-refractivity contribution in [2.45, 2.75) is 25.2 Å². The lowest BCUT2D eigenvalue weighted by molar-refractivity contribution is 0.174. The van der Waals surface area contributed by atoms with Crippen molar-refractivity contribution >= 4 is 15.7 Å². The summed E-state index contributed by atoms with van der Waals surface area (Å²) in [4.78, 5) is 0. The van der Waals surface area contributed by atoms with Gasteiger partial charge in [0.25, 0.3) is 0 Å². The molecule has 17 heavy (non-hydrogen) atoms. The summed E-state index contributed by atoms with van der Waals surface area (Å²) in [5.41, 5.74) is 6.73. The smallest absolute Gasteiger partial charge is 0.215 e. The Bertz CT molecular complexity index is 460. The number of benzene rings is 1. The first-order chi connectivity index (χ1) is 7.93. The number of sulfonamides is 1. The zero-order chi connectivity index (χ0) is 12.9. The molecule has 0 aliphatic rings. The van der Waals surface area contributed by atoms with Crippen LogP contribution in [-0.4, -0.2) is 26.2 Å². The third kappa shape index (κ3) is 5.16. The zero-order valence-corrected chi connectivity index (χ0v) is 10.6. The Labute approximate surface area is 102 Å². The van der Waals surface area contributed by atoms with E-state index in [0.29, 0.717) is 17.7 Å². The number of hydrogen-bond acceptors (Lipinski definition) is 4. The van der Waals surface area contributed by atoms with Crippen LogP contribution in [-0.2, 0) is 15.8 Å². The van der Waals surface area contributed by atoms with Crippen molar-refractivity contribution in [3.8, 4) is 0 Å². The average Bonchev–Trinajstić information content (AvgIpc) is 2.25. The molecule has 1 aromatic carbocycles. The fourth-order valence-electron chi connectivity index (χ4n) is 1.32. The second kappa shape index (κ2) is 6.00. The molecular weight excluding hydrogens is 240 g/mol. The number of nitrogen functional groups attached to an aromatic ring is 1. The van der Waals surface area contributed by atoms with Gasteiger partial charge >= 0.3 is 0 Å². The number of aliphatic hydroxyl groups excluding tert-OH is 1. The lowest BCUT2D eigenvalue weighted by Crippen LogP contribution is -2.32. The van der Waals surface area contributed by atoms with E-state index in [1.807, 2.05) is 0 Å². The molecule has 0 bridgehead atoms. The summed E-state index contributed by atoms with van der Waals surface area (Å²) in [6.45, 7) is 1.83. The van der Waals surface area contributed by atoms with Gasteiger partial charge in [0.1, 0.15) is 0 Å². The maximum Gasteiger partial charge on any atom is 0.215 e. The van der Waals surface area contributed by atoms with E-state index >= 15 is 0 Å². The third-order valence-electron chi connectivity index (χ3n) is 2.32. The minimum atomic E-state index is -3.42. The molecule has 0 fully saturated rings. The molecule has 1 atom stereocenters. The summed E-state index contributed by atoms with van der Waals surface area (Å²) in [5, 5.41) is 9.28. The molecule has 1 unspecified atom stereocenters. The minimum Gasteiger partial charge on any atom is -0.399 e. The van der Waals surface area contributed by atoms with Gasteiger partial charge in [-0.3, -0.25) is 0 Å². The van der Waals surface area contributed by atoms with Crippen molar-refractivity contribution in [2.75, 3.05) is 12.3 Å². The van der Waals surface area contributed by atoms with Gasteiger partial charge in [-0.05, 0) is 24.1 Å². The molecule has 0 amide bonds. The van der Waals surface area contributed by atoms with Crippen molar-refractivity contribution < 1.29 is 13.5 Å². The predicted molar refractivity (Wildman–Crippen MR) is 67.8 cm³/mol. The van der Waals surface area contributed by atoms with Crippen LogP contribution in [0.15, 0.2) is 24.3 Å². The van der Waals surface area contributed by atoms with Crippen LogP contribution < -0.4 is 10.5 Å². The van der Waals surface area contributed by atoms with Crippen molar-refractivity contribution in [3.05, 3.63) is 29.8 Å². The van der Waals surface area contributed by atoms with E-state index in [1.165, 1.54) is 0 Å². The van der Waals surface area contributed by atoms with E-state index in [1.54, 1.807) is 31.2 Å². The molecule has 4 N–H and O–H groups in total. The Morgan fingerprint density at radius 3 is 2.76 bits per heavy atom. The van der Waals surface area contributed by atoms with Gasteiger partial charge in [0.2, 0.25) is 10.0 Å². The highest BCUT2D eigenvalue weighted by atomic mass is 32.2. The summed E-state index contributed by atoms with van der Waals surface area (Å²) in [6.07, 6.45) is -0.133. The molecule has 96 valence electrons. The summed E-state index contributed by atoms with van der Waals surface area (Å²) in [7, 11) is -3.42. The van der Waals surface area contributed by atoms with Crippen LogP contribution in [0.1, 0.15) is 18.9 Å². The number of anilines is 1. The summed E-state index contributed by atoms with van der Waals surface area (Å²) in [5.74, 6) is -0.130. The van der Waals surface area contributed by atoms with E-state index < -0.39 is 16.1 Å². The van der Waals surface area contributed by atoms with Crippen LogP contribution in [0.25, 0.3) is 0 Å². The van der Waals surface area contributed by atoms with Crippen molar-refractivity contribution in [2.24, 2.45) is 0 Å². The molecule has 0 aromatic heterocycles. The van der Waals surface area contributed by atoms with Crippen LogP contribution in [0.3, 0.4) is 0 Å². The maximum atomic E-state index is 11.7. The maximum absolute atomic E-state index is 11.7. The van der Waals surface area contributed by atoms with E-state index in [-0.39, 0.29) is 12.3 Å². The molecule has 0 saturated carbocycles. The fourth-order valence-corrected chi connectivity index (χ4v) is 2.49. The number of rotatable bonds is 6. The average molecular weight is 258 g/mol.